The topological polar surface area (TPSA) is 82.6 Å². The first-order valence-corrected chi connectivity index (χ1v) is 16.7. The molecule has 1 atom stereocenters. The SMILES string of the molecule is CCCN(CC)C(=O)c1ccc(-c2cccc(C(C)N(C)C(=O)CN3C(=O)COc4cc(C)c(Cl)cc43)c2)cc1.CN1CCOCC1. The van der Waals surface area contributed by atoms with Crippen molar-refractivity contribution in [2.24, 2.45) is 0 Å². The van der Waals surface area contributed by atoms with Crippen LogP contribution < -0.4 is 9.64 Å². The first-order chi connectivity index (χ1) is 22.5. The highest BCUT2D eigenvalue weighted by molar-refractivity contribution is 6.31. The standard InChI is InChI=1S/C32H36ClN3O4.C5H11NO/c1-6-15-35(7-2)32(39)24-13-11-23(12-14-24)26-10-8-9-25(17-26)22(4)34(5)30(37)19-36-28-18-27(33)21(3)16-29(28)40-20-31(36)38;1-6-2-4-7-5-3-6/h8-14,16-18,22H,6-7,15,19-20H2,1-5H3;2-5H2,1H3. The van der Waals surface area contributed by atoms with E-state index < -0.39 is 0 Å². The van der Waals surface area contributed by atoms with Crippen LogP contribution in [0.1, 0.15) is 54.7 Å². The summed E-state index contributed by atoms with van der Waals surface area (Å²) in [4.78, 5) is 46.0. The first-order valence-electron chi connectivity index (χ1n) is 16.3. The van der Waals surface area contributed by atoms with Crippen molar-refractivity contribution in [2.45, 2.75) is 40.2 Å². The molecule has 3 amide bonds. The summed E-state index contributed by atoms with van der Waals surface area (Å²) < 4.78 is 10.7. The number of carbonyl (C=O) groups is 3. The number of hydrogen-bond donors (Lipinski definition) is 0. The number of anilines is 1. The van der Waals surface area contributed by atoms with E-state index in [-0.39, 0.29) is 36.9 Å². The zero-order chi connectivity index (χ0) is 34.1. The molecular weight excluding hydrogens is 616 g/mol. The fraction of sp³-hybridized carbons (Fsp3) is 0.432. The smallest absolute Gasteiger partial charge is 0.265 e. The lowest BCUT2D eigenvalue weighted by molar-refractivity contribution is -0.132. The van der Waals surface area contributed by atoms with Crippen molar-refractivity contribution in [2.75, 3.05) is 71.5 Å². The van der Waals surface area contributed by atoms with Crippen LogP contribution in [0.2, 0.25) is 5.02 Å². The number of hydrogen-bond acceptors (Lipinski definition) is 6. The molecule has 0 N–H and O–H groups in total. The largest absolute Gasteiger partial charge is 0.482 e. The molecule has 0 aromatic heterocycles. The number of likely N-dealkylation sites (N-methyl/N-ethyl adjacent to an activating group) is 2. The van der Waals surface area contributed by atoms with Crippen molar-refractivity contribution in [3.8, 4) is 16.9 Å². The fourth-order valence-corrected chi connectivity index (χ4v) is 5.63. The van der Waals surface area contributed by atoms with Crippen LogP contribution >= 0.6 is 11.6 Å². The summed E-state index contributed by atoms with van der Waals surface area (Å²) in [7, 11) is 3.85. The third-order valence-electron chi connectivity index (χ3n) is 8.68. The molecule has 9 nitrogen and oxygen atoms in total. The molecule has 2 aliphatic heterocycles. The third-order valence-corrected chi connectivity index (χ3v) is 9.09. The van der Waals surface area contributed by atoms with Crippen molar-refractivity contribution in [1.82, 2.24) is 14.7 Å². The maximum Gasteiger partial charge on any atom is 0.265 e. The van der Waals surface area contributed by atoms with Gasteiger partial charge < -0.3 is 24.2 Å². The fourth-order valence-electron chi connectivity index (χ4n) is 5.48. The zero-order valence-corrected chi connectivity index (χ0v) is 29.2. The average Bonchev–Trinajstić information content (AvgIpc) is 3.09. The minimum absolute atomic E-state index is 0.0391. The lowest BCUT2D eigenvalue weighted by atomic mass is 9.98. The summed E-state index contributed by atoms with van der Waals surface area (Å²) in [6.07, 6.45) is 0.920. The number of halogens is 1. The second-order valence-electron chi connectivity index (χ2n) is 12.0. The van der Waals surface area contributed by atoms with Gasteiger partial charge in [-0.1, -0.05) is 48.9 Å². The number of rotatable bonds is 9. The summed E-state index contributed by atoms with van der Waals surface area (Å²) in [6, 6.07) is 18.9. The highest BCUT2D eigenvalue weighted by Crippen LogP contribution is 2.37. The quantitative estimate of drug-likeness (QED) is 0.276. The van der Waals surface area contributed by atoms with E-state index in [4.69, 9.17) is 21.1 Å². The molecule has 5 rings (SSSR count). The van der Waals surface area contributed by atoms with Crippen LogP contribution in [0.5, 0.6) is 5.75 Å². The summed E-state index contributed by atoms with van der Waals surface area (Å²) in [5.74, 6) is 0.0871. The molecule has 0 saturated carbocycles. The molecule has 0 bridgehead atoms. The van der Waals surface area contributed by atoms with Gasteiger partial charge in [0.1, 0.15) is 12.3 Å². The number of aryl methyl sites for hydroxylation is 1. The molecular formula is C37H47ClN4O5. The molecule has 0 aliphatic carbocycles. The predicted molar refractivity (Wildman–Crippen MR) is 187 cm³/mol. The van der Waals surface area contributed by atoms with Gasteiger partial charge in [0.25, 0.3) is 11.8 Å². The van der Waals surface area contributed by atoms with E-state index in [0.717, 1.165) is 61.5 Å². The van der Waals surface area contributed by atoms with Crippen LogP contribution in [0.25, 0.3) is 11.1 Å². The van der Waals surface area contributed by atoms with E-state index in [1.807, 2.05) is 68.1 Å². The number of ether oxygens (including phenoxy) is 2. The third kappa shape index (κ3) is 9.12. The zero-order valence-electron chi connectivity index (χ0n) is 28.4. The molecule has 3 aromatic carbocycles. The monoisotopic (exact) mass is 662 g/mol. The maximum atomic E-state index is 13.3. The lowest BCUT2D eigenvalue weighted by Gasteiger charge is -2.32. The van der Waals surface area contributed by atoms with Gasteiger partial charge in [-0.2, -0.15) is 0 Å². The first kappa shape index (κ1) is 35.9. The summed E-state index contributed by atoms with van der Waals surface area (Å²) in [5, 5.41) is 0.508. The van der Waals surface area contributed by atoms with E-state index >= 15 is 0 Å². The van der Waals surface area contributed by atoms with Crippen molar-refractivity contribution < 1.29 is 23.9 Å². The Morgan fingerprint density at radius 3 is 2.32 bits per heavy atom. The van der Waals surface area contributed by atoms with Gasteiger partial charge in [-0.3, -0.25) is 19.3 Å². The lowest BCUT2D eigenvalue weighted by Crippen LogP contribution is -2.46. The summed E-state index contributed by atoms with van der Waals surface area (Å²) in [5.41, 5.74) is 4.95. The van der Waals surface area contributed by atoms with Crippen molar-refractivity contribution in [1.29, 1.82) is 0 Å². The van der Waals surface area contributed by atoms with Gasteiger partial charge in [0.05, 0.1) is 24.9 Å². The Morgan fingerprint density at radius 2 is 1.70 bits per heavy atom. The Morgan fingerprint density at radius 1 is 1.00 bits per heavy atom. The summed E-state index contributed by atoms with van der Waals surface area (Å²) in [6.45, 7) is 13.1. The van der Waals surface area contributed by atoms with Crippen LogP contribution in [0, 0.1) is 6.92 Å². The second-order valence-corrected chi connectivity index (χ2v) is 12.4. The van der Waals surface area contributed by atoms with Crippen LogP contribution in [0.3, 0.4) is 0 Å². The molecule has 3 aromatic rings. The Balaban J connectivity index is 0.000000632. The van der Waals surface area contributed by atoms with Crippen LogP contribution in [0.4, 0.5) is 5.69 Å². The molecule has 1 unspecified atom stereocenters. The van der Waals surface area contributed by atoms with E-state index in [9.17, 15) is 14.4 Å². The van der Waals surface area contributed by atoms with Gasteiger partial charge in [0.2, 0.25) is 5.91 Å². The van der Waals surface area contributed by atoms with Crippen molar-refractivity contribution in [3.63, 3.8) is 0 Å². The second kappa shape index (κ2) is 16.8. The number of nitrogens with zero attached hydrogens (tertiary/aromatic N) is 4. The number of benzene rings is 3. The van der Waals surface area contributed by atoms with Crippen molar-refractivity contribution >= 4 is 35.0 Å². The molecule has 10 heteroatoms. The van der Waals surface area contributed by atoms with Gasteiger partial charge in [-0.15, -0.1) is 0 Å². The molecule has 1 saturated heterocycles. The normalized spacial score (nSPS) is 15.1. The van der Waals surface area contributed by atoms with Gasteiger partial charge in [0, 0.05) is 43.8 Å². The Labute approximate surface area is 284 Å². The van der Waals surface area contributed by atoms with Crippen LogP contribution in [0.15, 0.2) is 60.7 Å². The Bertz CT molecular complexity index is 1540. The molecule has 47 heavy (non-hydrogen) atoms. The number of morpholine rings is 1. The molecule has 0 radical (unpaired) electrons. The number of carbonyl (C=O) groups excluding carboxylic acids is 3. The van der Waals surface area contributed by atoms with E-state index in [2.05, 4.69) is 24.9 Å². The molecule has 252 valence electrons. The van der Waals surface area contributed by atoms with Crippen LogP contribution in [-0.2, 0) is 14.3 Å². The van der Waals surface area contributed by atoms with E-state index in [1.54, 1.807) is 24.1 Å². The number of fused-ring (bicyclic) bond motifs is 1. The highest BCUT2D eigenvalue weighted by atomic mass is 35.5. The van der Waals surface area contributed by atoms with Gasteiger partial charge in [0.15, 0.2) is 6.61 Å². The predicted octanol–water partition coefficient (Wildman–Crippen LogP) is 6.08. The number of amides is 3. The maximum absolute atomic E-state index is 13.3. The molecule has 0 spiro atoms. The molecule has 2 heterocycles. The minimum atomic E-state index is -0.289. The molecule has 2 aliphatic rings. The van der Waals surface area contributed by atoms with Gasteiger partial charge >= 0.3 is 0 Å². The Kier molecular flexibility index (Phi) is 12.8. The summed E-state index contributed by atoms with van der Waals surface area (Å²) >= 11 is 6.30. The minimum Gasteiger partial charge on any atom is -0.482 e. The van der Waals surface area contributed by atoms with E-state index in [0.29, 0.717) is 28.6 Å². The van der Waals surface area contributed by atoms with Gasteiger partial charge in [-0.25, -0.2) is 0 Å². The molecule has 1 fully saturated rings. The Hall–Kier alpha value is -3.92. The van der Waals surface area contributed by atoms with E-state index in [1.165, 1.54) is 4.90 Å². The van der Waals surface area contributed by atoms with Crippen LogP contribution in [-0.4, -0.2) is 99.1 Å². The van der Waals surface area contributed by atoms with Crippen molar-refractivity contribution in [3.05, 3.63) is 82.4 Å². The highest BCUT2D eigenvalue weighted by Gasteiger charge is 2.30. The van der Waals surface area contributed by atoms with Gasteiger partial charge in [-0.05, 0) is 86.8 Å². The average molecular weight is 663 g/mol.